The smallest absolute Gasteiger partial charge is 0.303 e. The van der Waals surface area contributed by atoms with E-state index in [0.29, 0.717) is 13.0 Å². The second-order valence-electron chi connectivity index (χ2n) is 9.27. The van der Waals surface area contributed by atoms with Gasteiger partial charge in [0, 0.05) is 31.4 Å². The summed E-state index contributed by atoms with van der Waals surface area (Å²) in [7, 11) is 4.20. The highest BCUT2D eigenvalue weighted by Crippen LogP contribution is 2.25. The van der Waals surface area contributed by atoms with Crippen molar-refractivity contribution in [2.24, 2.45) is 5.41 Å². The molecular weight excluding hydrogens is 388 g/mol. The molecule has 0 saturated heterocycles. The number of hydrogen-bond acceptors (Lipinski definition) is 4. The van der Waals surface area contributed by atoms with Crippen LogP contribution in [0.15, 0.2) is 54.1 Å². The first kappa shape index (κ1) is 24.9. The number of carboxylic acids is 1. The topological polar surface area (TPSA) is 61.8 Å². The molecule has 2 rings (SSSR count). The molecule has 0 amide bonds. The number of benzene rings is 2. The molecule has 0 aromatic heterocycles. The van der Waals surface area contributed by atoms with Gasteiger partial charge in [0.05, 0.1) is 0 Å². The molecule has 0 fully saturated rings. The molecule has 0 radical (unpaired) electrons. The fourth-order valence-corrected chi connectivity index (χ4v) is 3.87. The molecule has 0 unspecified atom stereocenters. The average Bonchev–Trinajstić information content (AvgIpc) is 2.70. The summed E-state index contributed by atoms with van der Waals surface area (Å²) in [6.07, 6.45) is 4.87. The van der Waals surface area contributed by atoms with Gasteiger partial charge in [-0.05, 0) is 55.8 Å². The number of carboxylic acid groups (broad SMARTS) is 1. The Morgan fingerprint density at radius 2 is 1.87 bits per heavy atom. The van der Waals surface area contributed by atoms with Crippen molar-refractivity contribution in [3.05, 3.63) is 54.1 Å². The van der Waals surface area contributed by atoms with E-state index in [1.807, 2.05) is 24.3 Å². The quantitative estimate of drug-likeness (QED) is 0.330. The molecule has 2 N–H and O–H groups in total. The zero-order chi connectivity index (χ0) is 22.7. The van der Waals surface area contributed by atoms with E-state index in [9.17, 15) is 4.79 Å². The van der Waals surface area contributed by atoms with Crippen LogP contribution in [0.4, 0.5) is 0 Å². The lowest BCUT2D eigenvalue weighted by atomic mass is 9.93. The number of aliphatic carboxylic acids is 1. The van der Waals surface area contributed by atoms with Crippen molar-refractivity contribution in [2.75, 3.05) is 40.3 Å². The van der Waals surface area contributed by atoms with Gasteiger partial charge in [-0.2, -0.15) is 0 Å². The molecule has 0 aliphatic rings. The lowest BCUT2D eigenvalue weighted by Crippen LogP contribution is -2.38. The first-order valence-corrected chi connectivity index (χ1v) is 11.1. The van der Waals surface area contributed by atoms with E-state index in [2.05, 4.69) is 62.4 Å². The highest BCUT2D eigenvalue weighted by atomic mass is 16.5. The number of allylic oxidation sites excluding steroid dienone is 1. The van der Waals surface area contributed by atoms with Crippen LogP contribution in [0.3, 0.4) is 0 Å². The number of fused-ring (bicyclic) bond motifs is 1. The van der Waals surface area contributed by atoms with E-state index in [1.165, 1.54) is 11.0 Å². The van der Waals surface area contributed by atoms with Crippen LogP contribution in [0, 0.1) is 5.41 Å². The van der Waals surface area contributed by atoms with Crippen LogP contribution in [0.25, 0.3) is 10.8 Å². The SMILES string of the molecule is CN(C)CC(C)(C)CNCC(=CCCCCC(=O)O)COc1cccc2ccccc12. The second-order valence-corrected chi connectivity index (χ2v) is 9.27. The number of hydrogen-bond donors (Lipinski definition) is 2. The first-order valence-electron chi connectivity index (χ1n) is 11.1. The minimum Gasteiger partial charge on any atom is -0.489 e. The first-order chi connectivity index (χ1) is 14.8. The Morgan fingerprint density at radius 1 is 1.13 bits per heavy atom. The molecule has 5 heteroatoms. The van der Waals surface area contributed by atoms with E-state index in [0.717, 1.165) is 43.6 Å². The predicted octanol–water partition coefficient (Wildman–Crippen LogP) is 4.97. The molecular formula is C26H38N2O3. The van der Waals surface area contributed by atoms with Crippen molar-refractivity contribution in [1.82, 2.24) is 10.2 Å². The van der Waals surface area contributed by atoms with Crippen molar-refractivity contribution < 1.29 is 14.6 Å². The molecule has 0 atom stereocenters. The summed E-state index contributed by atoms with van der Waals surface area (Å²) in [6.45, 7) is 7.74. The van der Waals surface area contributed by atoms with Crippen molar-refractivity contribution in [1.29, 1.82) is 0 Å². The van der Waals surface area contributed by atoms with E-state index in [-0.39, 0.29) is 11.8 Å². The van der Waals surface area contributed by atoms with Gasteiger partial charge in [0.2, 0.25) is 0 Å². The maximum Gasteiger partial charge on any atom is 0.303 e. The maximum atomic E-state index is 10.7. The molecule has 0 heterocycles. The number of rotatable bonds is 14. The van der Waals surface area contributed by atoms with E-state index < -0.39 is 5.97 Å². The normalized spacial score (nSPS) is 12.5. The van der Waals surface area contributed by atoms with Crippen LogP contribution in [0.2, 0.25) is 0 Å². The Balaban J connectivity index is 1.98. The third-order valence-corrected chi connectivity index (χ3v) is 5.14. The largest absolute Gasteiger partial charge is 0.489 e. The number of nitrogens with zero attached hydrogens (tertiary/aromatic N) is 1. The lowest BCUT2D eigenvalue weighted by Gasteiger charge is -2.28. The summed E-state index contributed by atoms with van der Waals surface area (Å²) >= 11 is 0. The maximum absolute atomic E-state index is 10.7. The van der Waals surface area contributed by atoms with E-state index >= 15 is 0 Å². The fraction of sp³-hybridized carbons (Fsp3) is 0.500. The van der Waals surface area contributed by atoms with Gasteiger partial charge < -0.3 is 20.1 Å². The molecule has 31 heavy (non-hydrogen) atoms. The highest BCUT2D eigenvalue weighted by molar-refractivity contribution is 5.88. The third-order valence-electron chi connectivity index (χ3n) is 5.14. The summed E-state index contributed by atoms with van der Waals surface area (Å²) in [5.74, 6) is 0.163. The van der Waals surface area contributed by atoms with Gasteiger partial charge in [-0.15, -0.1) is 0 Å². The van der Waals surface area contributed by atoms with Crippen LogP contribution in [-0.4, -0.2) is 56.3 Å². The Morgan fingerprint density at radius 3 is 2.61 bits per heavy atom. The molecule has 0 bridgehead atoms. The van der Waals surface area contributed by atoms with Gasteiger partial charge in [0.1, 0.15) is 12.4 Å². The van der Waals surface area contributed by atoms with Crippen molar-refractivity contribution in [2.45, 2.75) is 39.5 Å². The van der Waals surface area contributed by atoms with Gasteiger partial charge in [0.25, 0.3) is 0 Å². The lowest BCUT2D eigenvalue weighted by molar-refractivity contribution is -0.137. The number of ether oxygens (including phenoxy) is 1. The highest BCUT2D eigenvalue weighted by Gasteiger charge is 2.18. The zero-order valence-corrected chi connectivity index (χ0v) is 19.5. The van der Waals surface area contributed by atoms with Gasteiger partial charge in [-0.25, -0.2) is 0 Å². The van der Waals surface area contributed by atoms with Crippen molar-refractivity contribution >= 4 is 16.7 Å². The minimum absolute atomic E-state index is 0.173. The Hall–Kier alpha value is -2.37. The second kappa shape index (κ2) is 12.5. The Kier molecular flexibility index (Phi) is 10.0. The summed E-state index contributed by atoms with van der Waals surface area (Å²) in [5.41, 5.74) is 1.37. The van der Waals surface area contributed by atoms with E-state index in [4.69, 9.17) is 9.84 Å². The average molecular weight is 427 g/mol. The zero-order valence-electron chi connectivity index (χ0n) is 19.5. The monoisotopic (exact) mass is 426 g/mol. The Labute approximate surface area is 187 Å². The van der Waals surface area contributed by atoms with E-state index in [1.54, 1.807) is 0 Å². The molecule has 2 aromatic rings. The van der Waals surface area contributed by atoms with Gasteiger partial charge in [-0.1, -0.05) is 56.3 Å². The molecule has 0 aliphatic heterocycles. The minimum atomic E-state index is -0.728. The molecule has 2 aromatic carbocycles. The molecule has 0 spiro atoms. The van der Waals surface area contributed by atoms with Gasteiger partial charge in [-0.3, -0.25) is 4.79 Å². The van der Waals surface area contributed by atoms with Crippen molar-refractivity contribution in [3.8, 4) is 5.75 Å². The van der Waals surface area contributed by atoms with Gasteiger partial charge in [0.15, 0.2) is 0 Å². The fourth-order valence-electron chi connectivity index (χ4n) is 3.87. The summed E-state index contributed by atoms with van der Waals surface area (Å²) < 4.78 is 6.21. The third kappa shape index (κ3) is 9.53. The summed E-state index contributed by atoms with van der Waals surface area (Å²) in [6, 6.07) is 14.4. The number of carbonyl (C=O) groups is 1. The molecule has 170 valence electrons. The number of unbranched alkanes of at least 4 members (excludes halogenated alkanes) is 2. The van der Waals surface area contributed by atoms with Crippen LogP contribution in [0.1, 0.15) is 39.5 Å². The van der Waals surface area contributed by atoms with Crippen LogP contribution in [-0.2, 0) is 4.79 Å². The number of nitrogens with one attached hydrogen (secondary N) is 1. The van der Waals surface area contributed by atoms with Crippen molar-refractivity contribution in [3.63, 3.8) is 0 Å². The standard InChI is InChI=1S/C26H38N2O3/c1-26(2,20-28(3)4)19-27-17-21(11-6-5-7-16-25(29)30)18-31-24-15-10-13-22-12-8-9-14-23(22)24/h8-15,27H,5-7,16-20H2,1-4H3,(H,29,30). The predicted molar refractivity (Wildman–Crippen MR) is 129 cm³/mol. The summed E-state index contributed by atoms with van der Waals surface area (Å²) in [5, 5.41) is 14.7. The van der Waals surface area contributed by atoms with Crippen LogP contribution in [0.5, 0.6) is 5.75 Å². The van der Waals surface area contributed by atoms with Crippen LogP contribution >= 0.6 is 0 Å². The van der Waals surface area contributed by atoms with Crippen LogP contribution < -0.4 is 10.1 Å². The molecule has 0 aliphatic carbocycles. The summed E-state index contributed by atoms with van der Waals surface area (Å²) in [4.78, 5) is 12.9. The molecule has 5 nitrogen and oxygen atoms in total. The van der Waals surface area contributed by atoms with Gasteiger partial charge >= 0.3 is 5.97 Å². The molecule has 0 saturated carbocycles. The Bertz CT molecular complexity index is 853.